The van der Waals surface area contributed by atoms with Crippen molar-refractivity contribution in [1.82, 2.24) is 0 Å². The molecule has 0 unspecified atom stereocenters. The van der Waals surface area contributed by atoms with Crippen LogP contribution in [-0.2, 0) is 15.2 Å². The van der Waals surface area contributed by atoms with Crippen LogP contribution in [-0.4, -0.2) is 21.5 Å². The minimum atomic E-state index is -5.18. The van der Waals surface area contributed by atoms with E-state index in [0.29, 0.717) is 5.56 Å². The summed E-state index contributed by atoms with van der Waals surface area (Å²) >= 11 is 0. The molecule has 0 fully saturated rings. The highest BCUT2D eigenvalue weighted by Crippen LogP contribution is 2.24. The van der Waals surface area contributed by atoms with Crippen LogP contribution in [0.15, 0.2) is 12.1 Å². The Labute approximate surface area is 104 Å². The number of rotatable bonds is 3. The summed E-state index contributed by atoms with van der Waals surface area (Å²) in [6, 6.07) is 2.18. The minimum Gasteiger partial charge on any atom is -0.465 e. The lowest BCUT2D eigenvalue weighted by Crippen LogP contribution is -2.08. The van der Waals surface area contributed by atoms with E-state index in [9.17, 15) is 17.1 Å². The van der Waals surface area contributed by atoms with Gasteiger partial charge in [-0.3, -0.25) is 0 Å². The van der Waals surface area contributed by atoms with E-state index in [2.05, 4.69) is 14.8 Å². The van der Waals surface area contributed by atoms with Crippen LogP contribution in [0.1, 0.15) is 21.5 Å². The monoisotopic (exact) mass is 272 g/mol. The van der Waals surface area contributed by atoms with E-state index in [1.54, 1.807) is 6.92 Å². The Morgan fingerprint density at radius 2 is 2.06 bits per heavy atom. The Balaban J connectivity index is 3.41. The van der Waals surface area contributed by atoms with Gasteiger partial charge in [0.25, 0.3) is 0 Å². The predicted octanol–water partition coefficient (Wildman–Crippen LogP) is 1.36. The van der Waals surface area contributed by atoms with Crippen LogP contribution < -0.4 is 4.18 Å². The van der Waals surface area contributed by atoms with Crippen LogP contribution >= 0.6 is 0 Å². The van der Waals surface area contributed by atoms with Crippen LogP contribution in [0.4, 0.5) is 3.89 Å². The molecule has 1 aromatic carbocycles. The number of esters is 1. The predicted molar refractivity (Wildman–Crippen MR) is 61.1 cm³/mol. The number of halogens is 1. The molecule has 0 saturated heterocycles. The SMILES string of the molecule is C#Cc1cc(OS(=O)(=O)F)cc(C(=O)OC)c1C. The van der Waals surface area contributed by atoms with Gasteiger partial charge in [0, 0.05) is 5.56 Å². The van der Waals surface area contributed by atoms with Crippen LogP contribution in [0.2, 0.25) is 0 Å². The molecule has 0 amide bonds. The highest BCUT2D eigenvalue weighted by Gasteiger charge is 2.17. The smallest absolute Gasteiger partial charge is 0.465 e. The molecule has 0 aliphatic carbocycles. The average Bonchev–Trinajstić information content (AvgIpc) is 2.28. The highest BCUT2D eigenvalue weighted by molar-refractivity contribution is 7.81. The Hall–Kier alpha value is -2.07. The van der Waals surface area contributed by atoms with Crippen molar-refractivity contribution < 1.29 is 26.0 Å². The maximum absolute atomic E-state index is 12.4. The molecule has 0 bridgehead atoms. The van der Waals surface area contributed by atoms with Crippen molar-refractivity contribution in [2.45, 2.75) is 6.92 Å². The zero-order chi connectivity index (χ0) is 13.9. The first kappa shape index (κ1) is 14.0. The van der Waals surface area contributed by atoms with Gasteiger partial charge in [-0.2, -0.15) is 8.42 Å². The largest absolute Gasteiger partial charge is 0.488 e. The topological polar surface area (TPSA) is 69.7 Å². The van der Waals surface area contributed by atoms with Gasteiger partial charge in [-0.1, -0.05) is 9.81 Å². The molecule has 0 radical (unpaired) electrons. The summed E-state index contributed by atoms with van der Waals surface area (Å²) in [7, 11) is -4.04. The second-order valence-corrected chi connectivity index (χ2v) is 4.21. The van der Waals surface area contributed by atoms with Gasteiger partial charge in [0.2, 0.25) is 0 Å². The molecule has 0 saturated carbocycles. The summed E-state index contributed by atoms with van der Waals surface area (Å²) in [5.74, 6) is 1.11. The third kappa shape index (κ3) is 3.21. The Morgan fingerprint density at radius 1 is 1.44 bits per heavy atom. The van der Waals surface area contributed by atoms with Gasteiger partial charge in [0.05, 0.1) is 12.7 Å². The fourth-order valence-electron chi connectivity index (χ4n) is 1.32. The number of hydrogen-bond acceptors (Lipinski definition) is 5. The van der Waals surface area contributed by atoms with Crippen LogP contribution in [0.5, 0.6) is 5.75 Å². The van der Waals surface area contributed by atoms with Gasteiger partial charge < -0.3 is 8.92 Å². The van der Waals surface area contributed by atoms with Crippen molar-refractivity contribution in [3.05, 3.63) is 28.8 Å². The second kappa shape index (κ2) is 5.06. The van der Waals surface area contributed by atoms with E-state index in [1.165, 1.54) is 0 Å². The zero-order valence-corrected chi connectivity index (χ0v) is 10.4. The molecule has 18 heavy (non-hydrogen) atoms. The number of hydrogen-bond donors (Lipinski definition) is 0. The lowest BCUT2D eigenvalue weighted by Gasteiger charge is -2.08. The summed E-state index contributed by atoms with van der Waals surface area (Å²) in [6.45, 7) is 1.55. The molecule has 0 heterocycles. The van der Waals surface area contributed by atoms with Gasteiger partial charge in [-0.25, -0.2) is 4.79 Å². The summed E-state index contributed by atoms with van der Waals surface area (Å²) in [4.78, 5) is 11.4. The fourth-order valence-corrected chi connectivity index (χ4v) is 1.65. The summed E-state index contributed by atoms with van der Waals surface area (Å²) < 4.78 is 41.7. The molecule has 96 valence electrons. The Bertz CT molecular complexity index is 628. The molecule has 0 N–H and O–H groups in total. The standard InChI is InChI=1S/C11H9FO5S/c1-4-8-5-9(17-18(12,14)15)6-10(7(8)2)11(13)16-3/h1,5-6H,2-3H3. The van der Waals surface area contributed by atoms with E-state index >= 15 is 0 Å². The van der Waals surface area contributed by atoms with E-state index in [0.717, 1.165) is 19.2 Å². The highest BCUT2D eigenvalue weighted by atomic mass is 32.3. The maximum atomic E-state index is 12.4. The zero-order valence-electron chi connectivity index (χ0n) is 9.56. The maximum Gasteiger partial charge on any atom is 0.488 e. The first-order chi connectivity index (χ1) is 8.28. The van der Waals surface area contributed by atoms with Crippen molar-refractivity contribution in [3.8, 4) is 18.1 Å². The second-order valence-electron chi connectivity index (χ2n) is 3.26. The molecule has 1 aromatic rings. The van der Waals surface area contributed by atoms with E-state index in [4.69, 9.17) is 6.42 Å². The molecule has 7 heteroatoms. The molecular formula is C11H9FO5S. The molecule has 5 nitrogen and oxygen atoms in total. The quantitative estimate of drug-likeness (QED) is 0.472. The number of terminal acetylenes is 1. The number of carbonyl (C=O) groups excluding carboxylic acids is 1. The van der Waals surface area contributed by atoms with Crippen LogP contribution in [0, 0.1) is 19.3 Å². The fraction of sp³-hybridized carbons (Fsp3) is 0.182. The Kier molecular flexibility index (Phi) is 3.93. The van der Waals surface area contributed by atoms with E-state index < -0.39 is 22.2 Å². The number of ether oxygens (including phenoxy) is 1. The lowest BCUT2D eigenvalue weighted by atomic mass is 10.0. The molecule has 0 spiro atoms. The lowest BCUT2D eigenvalue weighted by molar-refractivity contribution is 0.0599. The third-order valence-electron chi connectivity index (χ3n) is 2.14. The van der Waals surface area contributed by atoms with Gasteiger partial charge in [-0.15, -0.1) is 6.42 Å². The molecule has 0 aromatic heterocycles. The van der Waals surface area contributed by atoms with E-state index in [-0.39, 0.29) is 11.1 Å². The summed E-state index contributed by atoms with van der Waals surface area (Å²) in [5, 5.41) is 0. The molecule has 0 atom stereocenters. The molecule has 1 rings (SSSR count). The van der Waals surface area contributed by atoms with Crippen molar-refractivity contribution >= 4 is 16.5 Å². The summed E-state index contributed by atoms with van der Waals surface area (Å²) in [6.07, 6.45) is 5.19. The minimum absolute atomic E-state index is 0.00611. The molecular weight excluding hydrogens is 263 g/mol. The normalized spacial score (nSPS) is 10.6. The van der Waals surface area contributed by atoms with E-state index in [1.807, 2.05) is 0 Å². The van der Waals surface area contributed by atoms with Gasteiger partial charge >= 0.3 is 16.5 Å². The number of carbonyl (C=O) groups is 1. The number of methoxy groups -OCH3 is 1. The molecule has 0 aliphatic heterocycles. The first-order valence-electron chi connectivity index (χ1n) is 4.62. The van der Waals surface area contributed by atoms with Gasteiger partial charge in [0.15, 0.2) is 0 Å². The molecule has 0 aliphatic rings. The average molecular weight is 272 g/mol. The van der Waals surface area contributed by atoms with Gasteiger partial charge in [0.1, 0.15) is 5.75 Å². The van der Waals surface area contributed by atoms with Crippen molar-refractivity contribution in [2.24, 2.45) is 0 Å². The third-order valence-corrected chi connectivity index (χ3v) is 2.53. The Morgan fingerprint density at radius 3 is 2.50 bits per heavy atom. The van der Waals surface area contributed by atoms with Gasteiger partial charge in [-0.05, 0) is 24.6 Å². The van der Waals surface area contributed by atoms with Crippen molar-refractivity contribution in [1.29, 1.82) is 0 Å². The summed E-state index contributed by atoms with van der Waals surface area (Å²) in [5.41, 5.74) is 0.621. The first-order valence-corrected chi connectivity index (χ1v) is 5.93. The van der Waals surface area contributed by atoms with Crippen LogP contribution in [0.3, 0.4) is 0 Å². The number of benzene rings is 1. The van der Waals surface area contributed by atoms with Crippen molar-refractivity contribution in [3.63, 3.8) is 0 Å². The van der Waals surface area contributed by atoms with Crippen LogP contribution in [0.25, 0.3) is 0 Å². The van der Waals surface area contributed by atoms with Crippen molar-refractivity contribution in [2.75, 3.05) is 7.11 Å².